The van der Waals surface area contributed by atoms with Crippen LogP contribution in [0.3, 0.4) is 0 Å². The lowest BCUT2D eigenvalue weighted by Crippen LogP contribution is -2.35. The van der Waals surface area contributed by atoms with Gasteiger partial charge in [0.05, 0.1) is 23.1 Å². The Morgan fingerprint density at radius 2 is 2.07 bits per heavy atom. The third kappa shape index (κ3) is 3.48. The number of aromatic nitrogens is 2. The fourth-order valence-electron chi connectivity index (χ4n) is 3.12. The Kier molecular flexibility index (Phi) is 5.09. The first-order valence-electron chi connectivity index (χ1n) is 8.58. The Labute approximate surface area is 157 Å². The van der Waals surface area contributed by atoms with E-state index in [-0.39, 0.29) is 11.3 Å². The Morgan fingerprint density at radius 1 is 1.33 bits per heavy atom. The topological polar surface area (TPSA) is 99.8 Å². The van der Waals surface area contributed by atoms with Crippen LogP contribution in [0.25, 0.3) is 5.76 Å². The maximum absolute atomic E-state index is 12.8. The first-order valence-corrected chi connectivity index (χ1v) is 8.58. The van der Waals surface area contributed by atoms with Gasteiger partial charge in [0.25, 0.3) is 11.7 Å². The lowest BCUT2D eigenvalue weighted by atomic mass is 9.99. The first kappa shape index (κ1) is 18.8. The molecule has 0 bridgehead atoms. The van der Waals surface area contributed by atoms with Crippen LogP contribution in [-0.4, -0.2) is 63.7 Å². The molecule has 8 nitrogen and oxygen atoms in total. The zero-order chi connectivity index (χ0) is 19.7. The number of ketones is 1. The molecule has 2 aromatic rings. The number of likely N-dealkylation sites (tertiary alicyclic amines) is 1. The SMILES string of the molecule is Cc1ncc(/C(O)=C2\C(=O)C(=O)N(CCN(C)C)C2c2ccco2)c(C)n1. The molecule has 3 rings (SSSR count). The number of amides is 1. The molecule has 0 aromatic carbocycles. The van der Waals surface area contributed by atoms with E-state index < -0.39 is 17.7 Å². The number of rotatable bonds is 5. The van der Waals surface area contributed by atoms with Crippen LogP contribution in [0, 0.1) is 13.8 Å². The van der Waals surface area contributed by atoms with E-state index in [1.807, 2.05) is 19.0 Å². The molecule has 2 aromatic heterocycles. The third-order valence-electron chi connectivity index (χ3n) is 4.50. The highest BCUT2D eigenvalue weighted by molar-refractivity contribution is 6.46. The second-order valence-electron chi connectivity index (χ2n) is 6.73. The highest BCUT2D eigenvalue weighted by Crippen LogP contribution is 2.39. The van der Waals surface area contributed by atoms with Crippen LogP contribution in [0.15, 0.2) is 34.6 Å². The third-order valence-corrected chi connectivity index (χ3v) is 4.50. The molecule has 0 spiro atoms. The first-order chi connectivity index (χ1) is 12.8. The number of aliphatic hydroxyl groups is 1. The average molecular weight is 370 g/mol. The van der Waals surface area contributed by atoms with E-state index >= 15 is 0 Å². The normalized spacial score (nSPS) is 19.3. The molecule has 1 saturated heterocycles. The van der Waals surface area contributed by atoms with E-state index in [0.717, 1.165) is 0 Å². The van der Waals surface area contributed by atoms with Gasteiger partial charge >= 0.3 is 0 Å². The van der Waals surface area contributed by atoms with Gasteiger partial charge < -0.3 is 19.3 Å². The van der Waals surface area contributed by atoms with Gasteiger partial charge in [0.15, 0.2) is 0 Å². The smallest absolute Gasteiger partial charge is 0.295 e. The number of carbonyl (C=O) groups is 2. The number of nitrogens with zero attached hydrogens (tertiary/aromatic N) is 4. The van der Waals surface area contributed by atoms with Crippen LogP contribution in [0.4, 0.5) is 0 Å². The molecular formula is C19H22N4O4. The lowest BCUT2D eigenvalue weighted by Gasteiger charge is -2.24. The van der Waals surface area contributed by atoms with Crippen LogP contribution in [0.2, 0.25) is 0 Å². The van der Waals surface area contributed by atoms with Crippen molar-refractivity contribution in [3.05, 3.63) is 53.0 Å². The van der Waals surface area contributed by atoms with Gasteiger partial charge in [0, 0.05) is 19.3 Å². The van der Waals surface area contributed by atoms with Gasteiger partial charge in [-0.05, 0) is 40.1 Å². The highest BCUT2D eigenvalue weighted by Gasteiger charge is 2.47. The molecule has 1 amide bonds. The van der Waals surface area contributed by atoms with Crippen LogP contribution in [0.5, 0.6) is 0 Å². The Balaban J connectivity index is 2.13. The van der Waals surface area contributed by atoms with E-state index in [0.29, 0.717) is 35.9 Å². The van der Waals surface area contributed by atoms with E-state index in [9.17, 15) is 14.7 Å². The summed E-state index contributed by atoms with van der Waals surface area (Å²) in [6.07, 6.45) is 2.93. The molecule has 1 aliphatic heterocycles. The van der Waals surface area contributed by atoms with Crippen molar-refractivity contribution in [1.29, 1.82) is 0 Å². The number of Topliss-reactive ketones (excluding diaryl/α,β-unsaturated/α-hetero) is 1. The summed E-state index contributed by atoms with van der Waals surface area (Å²) >= 11 is 0. The second-order valence-corrected chi connectivity index (χ2v) is 6.73. The Morgan fingerprint density at radius 3 is 2.67 bits per heavy atom. The van der Waals surface area contributed by atoms with Crippen molar-refractivity contribution in [2.75, 3.05) is 27.2 Å². The average Bonchev–Trinajstić information content (AvgIpc) is 3.20. The minimum atomic E-state index is -0.791. The minimum absolute atomic E-state index is 0.00995. The summed E-state index contributed by atoms with van der Waals surface area (Å²) in [6, 6.07) is 2.58. The van der Waals surface area contributed by atoms with Crippen molar-refractivity contribution in [3.63, 3.8) is 0 Å². The van der Waals surface area contributed by atoms with Crippen molar-refractivity contribution in [2.45, 2.75) is 19.9 Å². The van der Waals surface area contributed by atoms with Gasteiger partial charge in [-0.15, -0.1) is 0 Å². The summed E-state index contributed by atoms with van der Waals surface area (Å²) in [5, 5.41) is 10.9. The van der Waals surface area contributed by atoms with Gasteiger partial charge in [-0.1, -0.05) is 0 Å². The maximum Gasteiger partial charge on any atom is 0.295 e. The van der Waals surface area contributed by atoms with Gasteiger partial charge in [-0.3, -0.25) is 9.59 Å². The summed E-state index contributed by atoms with van der Waals surface area (Å²) in [4.78, 5) is 37.1. The van der Waals surface area contributed by atoms with Crippen LogP contribution in [-0.2, 0) is 9.59 Å². The number of aliphatic hydroxyl groups excluding tert-OH is 1. The lowest BCUT2D eigenvalue weighted by molar-refractivity contribution is -0.140. The zero-order valence-electron chi connectivity index (χ0n) is 15.8. The molecular weight excluding hydrogens is 348 g/mol. The fourth-order valence-corrected chi connectivity index (χ4v) is 3.12. The molecule has 1 atom stereocenters. The molecule has 1 N–H and O–H groups in total. The van der Waals surface area contributed by atoms with E-state index in [4.69, 9.17) is 4.42 Å². The van der Waals surface area contributed by atoms with E-state index in [1.165, 1.54) is 17.4 Å². The van der Waals surface area contributed by atoms with Crippen LogP contribution < -0.4 is 0 Å². The monoisotopic (exact) mass is 370 g/mol. The molecule has 142 valence electrons. The quantitative estimate of drug-likeness (QED) is 0.485. The number of aryl methyl sites for hydroxylation is 2. The van der Waals surface area contributed by atoms with Crippen molar-refractivity contribution in [1.82, 2.24) is 19.8 Å². The van der Waals surface area contributed by atoms with Crippen molar-refractivity contribution < 1.29 is 19.1 Å². The van der Waals surface area contributed by atoms with Gasteiger partial charge in [0.2, 0.25) is 0 Å². The fraction of sp³-hybridized carbons (Fsp3) is 0.368. The molecule has 3 heterocycles. The molecule has 8 heteroatoms. The molecule has 1 aliphatic rings. The molecule has 0 saturated carbocycles. The molecule has 27 heavy (non-hydrogen) atoms. The van der Waals surface area contributed by atoms with Crippen LogP contribution in [0.1, 0.15) is 28.9 Å². The Bertz CT molecular complexity index is 902. The van der Waals surface area contributed by atoms with Gasteiger partial charge in [0.1, 0.15) is 23.4 Å². The minimum Gasteiger partial charge on any atom is -0.507 e. The van der Waals surface area contributed by atoms with Gasteiger partial charge in [-0.2, -0.15) is 0 Å². The number of hydrogen-bond acceptors (Lipinski definition) is 7. The second kappa shape index (κ2) is 7.32. The number of furan rings is 1. The standard InChI is InChI=1S/C19H22N4O4/c1-11-13(10-20-12(2)21-11)17(24)15-16(14-6-5-9-27-14)23(8-7-22(3)4)19(26)18(15)25/h5-6,9-10,16,24H,7-8H2,1-4H3/b17-15+. The van der Waals surface area contributed by atoms with Crippen molar-refractivity contribution >= 4 is 17.4 Å². The Hall–Kier alpha value is -3.00. The van der Waals surface area contributed by atoms with Crippen LogP contribution >= 0.6 is 0 Å². The predicted molar refractivity (Wildman–Crippen MR) is 97.8 cm³/mol. The molecule has 1 unspecified atom stereocenters. The molecule has 0 aliphatic carbocycles. The summed E-state index contributed by atoms with van der Waals surface area (Å²) in [7, 11) is 3.76. The number of hydrogen-bond donors (Lipinski definition) is 1. The summed E-state index contributed by atoms with van der Waals surface area (Å²) in [5.74, 6) is -0.726. The summed E-state index contributed by atoms with van der Waals surface area (Å²) in [6.45, 7) is 4.34. The van der Waals surface area contributed by atoms with Crippen molar-refractivity contribution in [2.24, 2.45) is 0 Å². The summed E-state index contributed by atoms with van der Waals surface area (Å²) < 4.78 is 5.48. The molecule has 1 fully saturated rings. The number of likely N-dealkylation sites (N-methyl/N-ethyl adjacent to an activating group) is 1. The maximum atomic E-state index is 12.8. The van der Waals surface area contributed by atoms with Gasteiger partial charge in [-0.25, -0.2) is 9.97 Å². The highest BCUT2D eigenvalue weighted by atomic mass is 16.3. The summed E-state index contributed by atoms with van der Waals surface area (Å²) in [5.41, 5.74) is 0.838. The largest absolute Gasteiger partial charge is 0.507 e. The van der Waals surface area contributed by atoms with E-state index in [1.54, 1.807) is 26.0 Å². The van der Waals surface area contributed by atoms with Crippen molar-refractivity contribution in [3.8, 4) is 0 Å². The predicted octanol–water partition coefficient (Wildman–Crippen LogP) is 1.67. The van der Waals surface area contributed by atoms with E-state index in [2.05, 4.69) is 9.97 Å². The zero-order valence-corrected chi connectivity index (χ0v) is 15.8. The number of carbonyl (C=O) groups excluding carboxylic acids is 2. The molecule has 0 radical (unpaired) electrons.